The third kappa shape index (κ3) is 2.30. The van der Waals surface area contributed by atoms with Gasteiger partial charge in [-0.3, -0.25) is 4.79 Å². The summed E-state index contributed by atoms with van der Waals surface area (Å²) in [5.41, 5.74) is 6.52. The first-order valence-electron chi connectivity index (χ1n) is 5.77. The molecule has 1 atom stereocenters. The van der Waals surface area contributed by atoms with E-state index in [2.05, 4.69) is 15.3 Å². The second-order valence-electron chi connectivity index (χ2n) is 4.14. The predicted octanol–water partition coefficient (Wildman–Crippen LogP) is 0.0820. The topological polar surface area (TPSA) is 84.1 Å². The molecule has 1 saturated heterocycles. The molecule has 1 aliphatic rings. The number of rotatable bonds is 2. The highest BCUT2D eigenvalue weighted by molar-refractivity contribution is 5.85. The van der Waals surface area contributed by atoms with E-state index in [1.165, 1.54) is 0 Å². The fourth-order valence-electron chi connectivity index (χ4n) is 2.07. The molecule has 0 bridgehead atoms. The maximum Gasteiger partial charge on any atom is 0.242 e. The number of aromatic nitrogens is 2. The molecule has 1 aliphatic heterocycles. The number of carbonyl (C=O) groups is 1. The van der Waals surface area contributed by atoms with Gasteiger partial charge in [-0.2, -0.15) is 4.98 Å². The summed E-state index contributed by atoms with van der Waals surface area (Å²) in [4.78, 5) is 22.2. The maximum atomic E-state index is 11.7. The van der Waals surface area contributed by atoms with Gasteiger partial charge in [0.05, 0.1) is 0 Å². The second-order valence-corrected chi connectivity index (χ2v) is 4.14. The van der Waals surface area contributed by atoms with Crippen molar-refractivity contribution in [2.75, 3.05) is 23.7 Å². The van der Waals surface area contributed by atoms with Crippen LogP contribution in [0, 0.1) is 6.92 Å². The number of hydrogen-bond donors (Lipinski definition) is 2. The number of aryl methyl sites for hydroxylation is 1. The van der Waals surface area contributed by atoms with E-state index >= 15 is 0 Å². The van der Waals surface area contributed by atoms with Gasteiger partial charge in [-0.1, -0.05) is 6.92 Å². The van der Waals surface area contributed by atoms with E-state index in [1.807, 2.05) is 18.7 Å². The van der Waals surface area contributed by atoms with Crippen molar-refractivity contribution >= 4 is 17.7 Å². The Morgan fingerprint density at radius 1 is 1.59 bits per heavy atom. The summed E-state index contributed by atoms with van der Waals surface area (Å²) in [5, 5.41) is 2.84. The van der Waals surface area contributed by atoms with Crippen LogP contribution in [0.2, 0.25) is 0 Å². The minimum Gasteiger partial charge on any atom is -0.384 e. The van der Waals surface area contributed by atoms with Gasteiger partial charge in [0.1, 0.15) is 11.9 Å². The number of amides is 1. The summed E-state index contributed by atoms with van der Waals surface area (Å²) >= 11 is 0. The second kappa shape index (κ2) is 4.57. The lowest BCUT2D eigenvalue weighted by Crippen LogP contribution is -2.55. The van der Waals surface area contributed by atoms with Crippen LogP contribution in [-0.2, 0) is 4.79 Å². The van der Waals surface area contributed by atoms with Crippen molar-refractivity contribution < 1.29 is 4.79 Å². The lowest BCUT2D eigenvalue weighted by Gasteiger charge is -2.34. The molecule has 3 N–H and O–H groups in total. The van der Waals surface area contributed by atoms with E-state index in [0.717, 1.165) is 12.1 Å². The highest BCUT2D eigenvalue weighted by Gasteiger charge is 2.29. The molecular weight excluding hydrogens is 218 g/mol. The van der Waals surface area contributed by atoms with E-state index in [4.69, 9.17) is 5.73 Å². The standard InChI is InChI=1S/C11H17N5O/c1-3-8-10(17)13-4-5-16(8)11-14-7(2)6-9(12)15-11/h6,8H,3-5H2,1-2H3,(H,13,17)(H2,12,14,15). The van der Waals surface area contributed by atoms with Crippen LogP contribution in [0.15, 0.2) is 6.07 Å². The molecule has 1 aromatic heterocycles. The number of hydrogen-bond acceptors (Lipinski definition) is 5. The molecule has 6 heteroatoms. The SMILES string of the molecule is CCC1C(=O)NCCN1c1nc(C)cc(N)n1. The summed E-state index contributed by atoms with van der Waals surface area (Å²) < 4.78 is 0. The van der Waals surface area contributed by atoms with Gasteiger partial charge >= 0.3 is 0 Å². The van der Waals surface area contributed by atoms with Crippen LogP contribution < -0.4 is 16.0 Å². The summed E-state index contributed by atoms with van der Waals surface area (Å²) in [7, 11) is 0. The first-order chi connectivity index (χ1) is 8.11. The number of nitrogen functional groups attached to an aromatic ring is 1. The van der Waals surface area contributed by atoms with Gasteiger partial charge in [-0.25, -0.2) is 4.98 Å². The maximum absolute atomic E-state index is 11.7. The quantitative estimate of drug-likeness (QED) is 0.758. The molecule has 1 unspecified atom stereocenters. The molecule has 2 rings (SSSR count). The van der Waals surface area contributed by atoms with Crippen LogP contribution in [0.25, 0.3) is 0 Å². The van der Waals surface area contributed by atoms with Gasteiger partial charge in [-0.05, 0) is 13.3 Å². The fourth-order valence-corrected chi connectivity index (χ4v) is 2.07. The number of nitrogens with zero attached hydrogens (tertiary/aromatic N) is 3. The van der Waals surface area contributed by atoms with Gasteiger partial charge in [0.15, 0.2) is 0 Å². The Balaban J connectivity index is 2.33. The van der Waals surface area contributed by atoms with E-state index in [1.54, 1.807) is 6.07 Å². The lowest BCUT2D eigenvalue weighted by atomic mass is 10.1. The molecule has 92 valence electrons. The van der Waals surface area contributed by atoms with E-state index in [0.29, 0.717) is 24.9 Å². The van der Waals surface area contributed by atoms with Crippen LogP contribution in [0.1, 0.15) is 19.0 Å². The Kier molecular flexibility index (Phi) is 3.12. The molecule has 2 heterocycles. The van der Waals surface area contributed by atoms with Gasteiger partial charge in [0.2, 0.25) is 11.9 Å². The lowest BCUT2D eigenvalue weighted by molar-refractivity contribution is -0.123. The number of anilines is 2. The Morgan fingerprint density at radius 2 is 2.35 bits per heavy atom. The Bertz CT molecular complexity index is 414. The van der Waals surface area contributed by atoms with Crippen molar-refractivity contribution in [2.24, 2.45) is 0 Å². The first-order valence-corrected chi connectivity index (χ1v) is 5.77. The van der Waals surface area contributed by atoms with Crippen molar-refractivity contribution in [1.82, 2.24) is 15.3 Å². The van der Waals surface area contributed by atoms with Crippen LogP contribution >= 0.6 is 0 Å². The van der Waals surface area contributed by atoms with E-state index in [-0.39, 0.29) is 11.9 Å². The van der Waals surface area contributed by atoms with E-state index < -0.39 is 0 Å². The van der Waals surface area contributed by atoms with Crippen LogP contribution in [0.4, 0.5) is 11.8 Å². The summed E-state index contributed by atoms with van der Waals surface area (Å²) in [6.07, 6.45) is 0.725. The summed E-state index contributed by atoms with van der Waals surface area (Å²) in [5.74, 6) is 1.01. The third-order valence-corrected chi connectivity index (χ3v) is 2.84. The largest absolute Gasteiger partial charge is 0.384 e. The molecule has 0 aromatic carbocycles. The molecule has 0 spiro atoms. The normalized spacial score (nSPS) is 20.2. The average Bonchev–Trinajstić information content (AvgIpc) is 2.27. The fraction of sp³-hybridized carbons (Fsp3) is 0.545. The molecular formula is C11H17N5O. The van der Waals surface area contributed by atoms with Crippen molar-refractivity contribution in [3.63, 3.8) is 0 Å². The molecule has 6 nitrogen and oxygen atoms in total. The van der Waals surface area contributed by atoms with Crippen molar-refractivity contribution in [2.45, 2.75) is 26.3 Å². The van der Waals surface area contributed by atoms with Crippen molar-refractivity contribution in [3.8, 4) is 0 Å². The summed E-state index contributed by atoms with van der Waals surface area (Å²) in [6, 6.07) is 1.51. The number of carbonyl (C=O) groups excluding carboxylic acids is 1. The Morgan fingerprint density at radius 3 is 3.00 bits per heavy atom. The zero-order chi connectivity index (χ0) is 12.4. The highest BCUT2D eigenvalue weighted by Crippen LogP contribution is 2.17. The average molecular weight is 235 g/mol. The minimum absolute atomic E-state index is 0.0300. The first kappa shape index (κ1) is 11.6. The van der Waals surface area contributed by atoms with Gasteiger partial charge in [-0.15, -0.1) is 0 Å². The number of nitrogens with two attached hydrogens (primary N) is 1. The molecule has 1 aromatic rings. The molecule has 17 heavy (non-hydrogen) atoms. The molecule has 0 radical (unpaired) electrons. The predicted molar refractivity (Wildman–Crippen MR) is 65.6 cm³/mol. The minimum atomic E-state index is -0.204. The molecule has 0 aliphatic carbocycles. The van der Waals surface area contributed by atoms with Gasteiger partial charge < -0.3 is 16.0 Å². The highest BCUT2D eigenvalue weighted by atomic mass is 16.2. The number of piperazine rings is 1. The van der Waals surface area contributed by atoms with Crippen LogP contribution in [0.3, 0.4) is 0 Å². The molecule has 0 saturated carbocycles. The summed E-state index contributed by atoms with van der Waals surface area (Å²) in [6.45, 7) is 5.17. The van der Waals surface area contributed by atoms with Gasteiger partial charge in [0.25, 0.3) is 0 Å². The van der Waals surface area contributed by atoms with Crippen molar-refractivity contribution in [3.05, 3.63) is 11.8 Å². The van der Waals surface area contributed by atoms with E-state index in [9.17, 15) is 4.79 Å². The zero-order valence-corrected chi connectivity index (χ0v) is 10.1. The van der Waals surface area contributed by atoms with Gasteiger partial charge in [0, 0.05) is 24.8 Å². The van der Waals surface area contributed by atoms with Crippen LogP contribution in [-0.4, -0.2) is 35.0 Å². The smallest absolute Gasteiger partial charge is 0.242 e. The Hall–Kier alpha value is -1.85. The number of nitrogens with one attached hydrogen (secondary N) is 1. The third-order valence-electron chi connectivity index (χ3n) is 2.84. The molecule has 1 fully saturated rings. The van der Waals surface area contributed by atoms with Crippen molar-refractivity contribution in [1.29, 1.82) is 0 Å². The monoisotopic (exact) mass is 235 g/mol. The molecule has 1 amide bonds. The zero-order valence-electron chi connectivity index (χ0n) is 10.1. The van der Waals surface area contributed by atoms with Crippen LogP contribution in [0.5, 0.6) is 0 Å². The Labute approximate surface area is 100 Å².